The molecule has 2 heterocycles. The Morgan fingerprint density at radius 1 is 1.30 bits per heavy atom. The summed E-state index contributed by atoms with van der Waals surface area (Å²) >= 11 is 0. The smallest absolute Gasteiger partial charge is 0.233 e. The fourth-order valence-electron chi connectivity index (χ4n) is 2.18. The molecule has 0 fully saturated rings. The monoisotopic (exact) mass is 303 g/mol. The van der Waals surface area contributed by atoms with Crippen molar-refractivity contribution >= 4 is 16.9 Å². The molecule has 3 rings (SSSR count). The first kappa shape index (κ1) is 14.4. The second-order valence-corrected chi connectivity index (χ2v) is 4.79. The van der Waals surface area contributed by atoms with Crippen LogP contribution in [-0.2, 0) is 0 Å². The molecule has 0 amide bonds. The average Bonchev–Trinajstić information content (AvgIpc) is 2.99. The van der Waals surface area contributed by atoms with Crippen LogP contribution in [0.2, 0.25) is 0 Å². The molecule has 0 bridgehead atoms. The number of nitrogens with one attached hydrogen (secondary N) is 1. The predicted octanol–water partition coefficient (Wildman–Crippen LogP) is 2.48. The third kappa shape index (κ3) is 2.78. The van der Waals surface area contributed by atoms with Gasteiger partial charge in [-0.15, -0.1) is 12.3 Å². The second-order valence-electron chi connectivity index (χ2n) is 4.79. The van der Waals surface area contributed by atoms with Gasteiger partial charge in [0.25, 0.3) is 0 Å². The number of terminal acetylenes is 1. The quantitative estimate of drug-likeness (QED) is 0.569. The average molecular weight is 303 g/mol. The lowest BCUT2D eigenvalue weighted by molar-refractivity contribution is 0.314. The summed E-state index contributed by atoms with van der Waals surface area (Å²) in [6, 6.07) is 11.3. The molecule has 3 aromatic rings. The molecule has 0 saturated carbocycles. The Hall–Kier alpha value is -3.51. The number of benzene rings is 1. The summed E-state index contributed by atoms with van der Waals surface area (Å²) in [4.78, 5) is 11.8. The van der Waals surface area contributed by atoms with E-state index in [1.54, 1.807) is 6.07 Å². The summed E-state index contributed by atoms with van der Waals surface area (Å²) in [7, 11) is 0. The number of anilines is 1. The van der Waals surface area contributed by atoms with E-state index in [-0.39, 0.29) is 23.9 Å². The van der Waals surface area contributed by atoms with Crippen LogP contribution in [0.3, 0.4) is 0 Å². The normalized spacial score (nSPS) is 10.2. The molecule has 0 unspecified atom stereocenters. The number of aromatic amines is 1. The third-order valence-corrected chi connectivity index (χ3v) is 3.27. The molecule has 0 radical (unpaired) electrons. The zero-order valence-corrected chi connectivity index (χ0v) is 12.2. The van der Waals surface area contributed by atoms with E-state index in [4.69, 9.17) is 16.9 Å². The van der Waals surface area contributed by atoms with Crippen LogP contribution in [0.15, 0.2) is 30.3 Å². The molecule has 0 saturated heterocycles. The highest BCUT2D eigenvalue weighted by Crippen LogP contribution is 2.29. The number of rotatable bonds is 4. The van der Waals surface area contributed by atoms with E-state index in [0.29, 0.717) is 17.8 Å². The molecule has 0 aliphatic rings. The van der Waals surface area contributed by atoms with Gasteiger partial charge < -0.3 is 15.5 Å². The number of pyridine rings is 1. The van der Waals surface area contributed by atoms with Gasteiger partial charge in [-0.05, 0) is 18.2 Å². The summed E-state index contributed by atoms with van der Waals surface area (Å²) in [6.45, 7) is 0.279. The number of aromatic nitrogens is 3. The number of hydrogen-bond donors (Lipinski definition) is 2. The lowest BCUT2D eigenvalue weighted by Crippen LogP contribution is -2.04. The van der Waals surface area contributed by atoms with E-state index in [2.05, 4.69) is 26.9 Å². The van der Waals surface area contributed by atoms with Crippen molar-refractivity contribution < 1.29 is 4.74 Å². The Bertz CT molecular complexity index is 913. The van der Waals surface area contributed by atoms with Crippen molar-refractivity contribution in [2.75, 3.05) is 12.3 Å². The first-order valence-corrected chi connectivity index (χ1v) is 6.95. The molecule has 2 aromatic heterocycles. The van der Waals surface area contributed by atoms with Crippen LogP contribution in [0.1, 0.15) is 12.0 Å². The molecule has 1 aromatic carbocycles. The zero-order chi connectivity index (χ0) is 16.2. The molecule has 6 heteroatoms. The molecule has 0 aliphatic carbocycles. The Morgan fingerprint density at radius 3 is 2.87 bits per heavy atom. The number of hydrogen-bond acceptors (Lipinski definition) is 5. The van der Waals surface area contributed by atoms with Crippen LogP contribution in [0.25, 0.3) is 22.4 Å². The van der Waals surface area contributed by atoms with Crippen LogP contribution < -0.4 is 10.5 Å². The Morgan fingerprint density at radius 2 is 2.13 bits per heavy atom. The molecular formula is C17H13N5O. The van der Waals surface area contributed by atoms with E-state index in [0.717, 1.165) is 11.0 Å². The molecule has 0 aliphatic heterocycles. The van der Waals surface area contributed by atoms with E-state index < -0.39 is 0 Å². The summed E-state index contributed by atoms with van der Waals surface area (Å²) in [6.07, 6.45) is 5.61. The largest absolute Gasteiger partial charge is 0.476 e. The maximum Gasteiger partial charge on any atom is 0.233 e. The minimum Gasteiger partial charge on any atom is -0.476 e. The van der Waals surface area contributed by atoms with E-state index in [1.165, 1.54) is 0 Å². The first-order chi connectivity index (χ1) is 11.2. The van der Waals surface area contributed by atoms with Crippen molar-refractivity contribution in [1.29, 1.82) is 5.26 Å². The standard InChI is InChI=1S/C17H13N5O/c1-2-3-8-23-17-11(10-18)9-12(15(19)22-17)16-20-13-6-4-5-7-14(13)21-16/h1,4-7,9H,3,8H2,(H2,19,22)(H,20,21). The van der Waals surface area contributed by atoms with Crippen LogP contribution in [0, 0.1) is 23.7 Å². The maximum absolute atomic E-state index is 9.30. The number of imidazole rings is 1. The Labute approximate surface area is 132 Å². The van der Waals surface area contributed by atoms with Gasteiger partial charge in [-0.2, -0.15) is 10.2 Å². The van der Waals surface area contributed by atoms with Gasteiger partial charge in [-0.1, -0.05) is 12.1 Å². The van der Waals surface area contributed by atoms with Crippen molar-refractivity contribution in [3.63, 3.8) is 0 Å². The van der Waals surface area contributed by atoms with Crippen LogP contribution >= 0.6 is 0 Å². The summed E-state index contributed by atoms with van der Waals surface area (Å²) in [5, 5.41) is 9.30. The third-order valence-electron chi connectivity index (χ3n) is 3.27. The zero-order valence-electron chi connectivity index (χ0n) is 12.2. The van der Waals surface area contributed by atoms with Gasteiger partial charge in [0.15, 0.2) is 0 Å². The number of nitriles is 1. The molecule has 23 heavy (non-hydrogen) atoms. The van der Waals surface area contributed by atoms with Crippen molar-refractivity contribution in [3.8, 4) is 35.7 Å². The number of nitrogen functional groups attached to an aromatic ring is 1. The van der Waals surface area contributed by atoms with Gasteiger partial charge in [0.1, 0.15) is 29.9 Å². The molecule has 3 N–H and O–H groups in total. The fraction of sp³-hybridized carbons (Fsp3) is 0.118. The minimum absolute atomic E-state index is 0.181. The molecule has 6 nitrogen and oxygen atoms in total. The van der Waals surface area contributed by atoms with Gasteiger partial charge in [0, 0.05) is 6.42 Å². The number of nitrogens with two attached hydrogens (primary N) is 1. The number of H-pyrrole nitrogens is 1. The number of para-hydroxylation sites is 2. The van der Waals surface area contributed by atoms with E-state index in [9.17, 15) is 5.26 Å². The van der Waals surface area contributed by atoms with Gasteiger partial charge >= 0.3 is 0 Å². The van der Waals surface area contributed by atoms with Crippen LogP contribution in [0.4, 0.5) is 5.82 Å². The summed E-state index contributed by atoms with van der Waals surface area (Å²) < 4.78 is 5.41. The van der Waals surface area contributed by atoms with Crippen molar-refractivity contribution in [1.82, 2.24) is 15.0 Å². The lowest BCUT2D eigenvalue weighted by Gasteiger charge is -2.08. The maximum atomic E-state index is 9.30. The summed E-state index contributed by atoms with van der Waals surface area (Å²) in [5.74, 6) is 3.43. The number of fused-ring (bicyclic) bond motifs is 1. The van der Waals surface area contributed by atoms with Crippen LogP contribution in [-0.4, -0.2) is 21.6 Å². The molecule has 0 atom stereocenters. The number of nitrogens with zero attached hydrogens (tertiary/aromatic N) is 3. The van der Waals surface area contributed by atoms with Crippen molar-refractivity contribution in [2.45, 2.75) is 6.42 Å². The minimum atomic E-state index is 0.181. The molecular weight excluding hydrogens is 290 g/mol. The Balaban J connectivity index is 2.03. The second kappa shape index (κ2) is 6.08. The topological polar surface area (TPSA) is 101 Å². The van der Waals surface area contributed by atoms with Gasteiger partial charge in [-0.25, -0.2) is 4.98 Å². The first-order valence-electron chi connectivity index (χ1n) is 6.95. The highest BCUT2D eigenvalue weighted by Gasteiger charge is 2.15. The molecule has 0 spiro atoms. The van der Waals surface area contributed by atoms with Gasteiger partial charge in [0.05, 0.1) is 16.6 Å². The highest BCUT2D eigenvalue weighted by molar-refractivity contribution is 5.82. The van der Waals surface area contributed by atoms with E-state index in [1.807, 2.05) is 24.3 Å². The summed E-state index contributed by atoms with van der Waals surface area (Å²) in [5.41, 5.74) is 8.54. The Kier molecular flexibility index (Phi) is 3.82. The van der Waals surface area contributed by atoms with Crippen LogP contribution in [0.5, 0.6) is 5.88 Å². The van der Waals surface area contributed by atoms with Gasteiger partial charge in [0.2, 0.25) is 5.88 Å². The fourth-order valence-corrected chi connectivity index (χ4v) is 2.18. The molecule has 112 valence electrons. The number of ether oxygens (including phenoxy) is 1. The predicted molar refractivity (Wildman–Crippen MR) is 87.4 cm³/mol. The van der Waals surface area contributed by atoms with Crippen molar-refractivity contribution in [3.05, 3.63) is 35.9 Å². The lowest BCUT2D eigenvalue weighted by atomic mass is 10.2. The van der Waals surface area contributed by atoms with E-state index >= 15 is 0 Å². The van der Waals surface area contributed by atoms with Crippen molar-refractivity contribution in [2.24, 2.45) is 0 Å². The van der Waals surface area contributed by atoms with Gasteiger partial charge in [-0.3, -0.25) is 0 Å². The SMILES string of the molecule is C#CCCOc1nc(N)c(-c2nc3ccccc3[nH]2)cc1C#N. The highest BCUT2D eigenvalue weighted by atomic mass is 16.5.